The van der Waals surface area contributed by atoms with Gasteiger partial charge in [-0.1, -0.05) is 18.2 Å². The highest BCUT2D eigenvalue weighted by molar-refractivity contribution is 7.98. The number of ether oxygens (including phenoxy) is 1. The number of thiophene rings is 1. The van der Waals surface area contributed by atoms with Crippen molar-refractivity contribution in [2.24, 2.45) is 0 Å². The molecule has 6 heteroatoms. The van der Waals surface area contributed by atoms with Gasteiger partial charge in [-0.05, 0) is 35.9 Å². The van der Waals surface area contributed by atoms with Gasteiger partial charge in [0, 0.05) is 38.7 Å². The zero-order chi connectivity index (χ0) is 17.9. The molecule has 1 unspecified atom stereocenters. The van der Waals surface area contributed by atoms with E-state index in [0.717, 1.165) is 29.3 Å². The molecule has 1 atom stereocenters. The Morgan fingerprint density at radius 1 is 1.15 bits per heavy atom. The number of halogens is 1. The van der Waals surface area contributed by atoms with Gasteiger partial charge in [0.1, 0.15) is 12.0 Å². The van der Waals surface area contributed by atoms with Gasteiger partial charge in [-0.15, -0.1) is 23.1 Å². The summed E-state index contributed by atoms with van der Waals surface area (Å²) in [5.41, 5.74) is 1.09. The summed E-state index contributed by atoms with van der Waals surface area (Å²) in [6, 6.07) is 15.0. The van der Waals surface area contributed by atoms with Crippen molar-refractivity contribution in [1.29, 1.82) is 0 Å². The Morgan fingerprint density at radius 2 is 1.92 bits per heavy atom. The van der Waals surface area contributed by atoms with Gasteiger partial charge >= 0.3 is 0 Å². The molecule has 1 N–H and O–H groups in total. The van der Waals surface area contributed by atoms with E-state index in [1.54, 1.807) is 23.1 Å². The highest BCUT2D eigenvalue weighted by Gasteiger charge is 2.22. The van der Waals surface area contributed by atoms with Crippen LogP contribution in [-0.4, -0.2) is 36.3 Å². The third-order valence-electron chi connectivity index (χ3n) is 4.49. The van der Waals surface area contributed by atoms with Crippen LogP contribution in [0.3, 0.4) is 0 Å². The molecule has 0 saturated carbocycles. The van der Waals surface area contributed by atoms with Crippen LogP contribution in [0.5, 0.6) is 0 Å². The lowest BCUT2D eigenvalue weighted by molar-refractivity contribution is -0.0586. The van der Waals surface area contributed by atoms with E-state index in [1.807, 2.05) is 12.1 Å². The van der Waals surface area contributed by atoms with Gasteiger partial charge in [-0.2, -0.15) is 0 Å². The van der Waals surface area contributed by atoms with Crippen molar-refractivity contribution in [3.05, 3.63) is 64.8 Å². The van der Waals surface area contributed by atoms with Crippen molar-refractivity contribution in [1.82, 2.24) is 4.90 Å². The number of benzene rings is 2. The largest absolute Gasteiger partial charge is 0.379 e. The van der Waals surface area contributed by atoms with Crippen LogP contribution in [0.2, 0.25) is 0 Å². The highest BCUT2D eigenvalue weighted by atomic mass is 32.2. The second-order valence-corrected chi connectivity index (χ2v) is 8.39. The Kier molecular flexibility index (Phi) is 5.57. The first-order valence-electron chi connectivity index (χ1n) is 8.60. The molecule has 136 valence electrons. The lowest BCUT2D eigenvalue weighted by Gasteiger charge is -2.30. The topological polar surface area (TPSA) is 32.7 Å². The van der Waals surface area contributed by atoms with Gasteiger partial charge in [0.2, 0.25) is 0 Å². The fourth-order valence-electron chi connectivity index (χ4n) is 3.05. The van der Waals surface area contributed by atoms with Gasteiger partial charge in [0.25, 0.3) is 0 Å². The number of hydrogen-bond acceptors (Lipinski definition) is 5. The first kappa shape index (κ1) is 17.9. The maximum atomic E-state index is 13.0. The van der Waals surface area contributed by atoms with Gasteiger partial charge in [-0.25, -0.2) is 4.39 Å². The number of aliphatic hydroxyl groups excluding tert-OH is 1. The standard InChI is InChI=1S/C20H20FNO2S2/c21-15-6-4-14(5-7-15)13-25-17-2-1-3-18-16(17)12-19(26-18)20(23)22-8-10-24-11-9-22/h1-7,12,20,23H,8-11,13H2. The molecule has 1 saturated heterocycles. The number of nitrogens with zero attached hydrogens (tertiary/aromatic N) is 1. The Hall–Kier alpha value is -1.44. The summed E-state index contributed by atoms with van der Waals surface area (Å²) in [4.78, 5) is 4.21. The molecular weight excluding hydrogens is 369 g/mol. The summed E-state index contributed by atoms with van der Waals surface area (Å²) >= 11 is 3.38. The van der Waals surface area contributed by atoms with Gasteiger partial charge in [0.05, 0.1) is 13.2 Å². The second-order valence-electron chi connectivity index (χ2n) is 6.25. The van der Waals surface area contributed by atoms with Crippen LogP contribution in [0.25, 0.3) is 10.1 Å². The van der Waals surface area contributed by atoms with E-state index < -0.39 is 6.23 Å². The normalized spacial score (nSPS) is 16.8. The van der Waals surface area contributed by atoms with Crippen molar-refractivity contribution < 1.29 is 14.2 Å². The Labute approximate surface area is 160 Å². The van der Waals surface area contributed by atoms with Gasteiger partial charge in [-0.3, -0.25) is 4.90 Å². The fourth-order valence-corrected chi connectivity index (χ4v) is 5.24. The van der Waals surface area contributed by atoms with E-state index in [9.17, 15) is 9.50 Å². The lowest BCUT2D eigenvalue weighted by atomic mass is 10.2. The minimum atomic E-state index is -0.578. The van der Waals surface area contributed by atoms with E-state index in [1.165, 1.54) is 27.1 Å². The molecule has 1 fully saturated rings. The van der Waals surface area contributed by atoms with Crippen LogP contribution >= 0.6 is 23.1 Å². The Balaban J connectivity index is 1.54. The molecular formula is C20H20FNO2S2. The molecule has 1 aromatic heterocycles. The number of morpholine rings is 1. The number of rotatable bonds is 5. The SMILES string of the molecule is OC(c1cc2c(SCc3ccc(F)cc3)cccc2s1)N1CCOCC1. The third-order valence-corrected chi connectivity index (χ3v) is 6.78. The molecule has 1 aliphatic heterocycles. The number of aliphatic hydroxyl groups is 1. The van der Waals surface area contributed by atoms with E-state index in [0.29, 0.717) is 13.2 Å². The number of hydrogen-bond donors (Lipinski definition) is 1. The lowest BCUT2D eigenvalue weighted by Crippen LogP contribution is -2.38. The molecule has 0 spiro atoms. The zero-order valence-corrected chi connectivity index (χ0v) is 15.9. The summed E-state index contributed by atoms with van der Waals surface area (Å²) in [7, 11) is 0. The smallest absolute Gasteiger partial charge is 0.142 e. The van der Waals surface area contributed by atoms with Gasteiger partial charge < -0.3 is 9.84 Å². The first-order valence-corrected chi connectivity index (χ1v) is 10.4. The van der Waals surface area contributed by atoms with Crippen LogP contribution in [0.4, 0.5) is 4.39 Å². The maximum absolute atomic E-state index is 13.0. The predicted octanol–water partition coefficient (Wildman–Crippen LogP) is 4.66. The summed E-state index contributed by atoms with van der Waals surface area (Å²) < 4.78 is 19.6. The molecule has 26 heavy (non-hydrogen) atoms. The first-order chi connectivity index (χ1) is 12.7. The number of fused-ring (bicyclic) bond motifs is 1. The molecule has 2 aromatic carbocycles. The van der Waals surface area contributed by atoms with E-state index in [4.69, 9.17) is 4.74 Å². The number of thioether (sulfide) groups is 1. The van der Waals surface area contributed by atoms with Crippen molar-refractivity contribution >= 4 is 33.2 Å². The third kappa shape index (κ3) is 3.94. The van der Waals surface area contributed by atoms with E-state index in [2.05, 4.69) is 29.2 Å². The minimum absolute atomic E-state index is 0.208. The van der Waals surface area contributed by atoms with Crippen LogP contribution in [0.15, 0.2) is 53.4 Å². The van der Waals surface area contributed by atoms with Crippen molar-refractivity contribution in [3.8, 4) is 0 Å². The summed E-state index contributed by atoms with van der Waals surface area (Å²) in [5, 5.41) is 11.9. The predicted molar refractivity (Wildman–Crippen MR) is 105 cm³/mol. The van der Waals surface area contributed by atoms with Crippen LogP contribution in [0.1, 0.15) is 16.7 Å². The highest BCUT2D eigenvalue weighted by Crippen LogP contribution is 2.38. The summed E-state index contributed by atoms with van der Waals surface area (Å²) in [6.45, 7) is 2.84. The molecule has 0 amide bonds. The Bertz CT molecular complexity index is 875. The molecule has 4 rings (SSSR count). The van der Waals surface area contributed by atoms with Crippen molar-refractivity contribution in [2.75, 3.05) is 26.3 Å². The molecule has 3 nitrogen and oxygen atoms in total. The van der Waals surface area contributed by atoms with E-state index in [-0.39, 0.29) is 5.82 Å². The molecule has 0 radical (unpaired) electrons. The van der Waals surface area contributed by atoms with Crippen LogP contribution < -0.4 is 0 Å². The van der Waals surface area contributed by atoms with Gasteiger partial charge in [0.15, 0.2) is 0 Å². The maximum Gasteiger partial charge on any atom is 0.142 e. The average molecular weight is 390 g/mol. The molecule has 0 aliphatic carbocycles. The molecule has 0 bridgehead atoms. The second kappa shape index (κ2) is 8.06. The minimum Gasteiger partial charge on any atom is -0.379 e. The average Bonchev–Trinajstić information content (AvgIpc) is 3.12. The fraction of sp³-hybridized carbons (Fsp3) is 0.300. The van der Waals surface area contributed by atoms with Crippen LogP contribution in [-0.2, 0) is 10.5 Å². The van der Waals surface area contributed by atoms with Crippen molar-refractivity contribution in [2.45, 2.75) is 16.9 Å². The monoisotopic (exact) mass is 389 g/mol. The van der Waals surface area contributed by atoms with E-state index >= 15 is 0 Å². The van der Waals surface area contributed by atoms with Crippen molar-refractivity contribution in [3.63, 3.8) is 0 Å². The quantitative estimate of drug-likeness (QED) is 0.644. The molecule has 1 aliphatic rings. The zero-order valence-electron chi connectivity index (χ0n) is 14.2. The summed E-state index contributed by atoms with van der Waals surface area (Å²) in [5.74, 6) is 0.580. The summed E-state index contributed by atoms with van der Waals surface area (Å²) in [6.07, 6.45) is -0.578. The molecule has 3 aromatic rings. The Morgan fingerprint density at radius 3 is 2.69 bits per heavy atom. The van der Waals surface area contributed by atoms with Crippen LogP contribution in [0, 0.1) is 5.82 Å². The molecule has 2 heterocycles.